The number of rotatable bonds is 5. The van der Waals surface area contributed by atoms with E-state index in [-0.39, 0.29) is 18.3 Å². The zero-order valence-electron chi connectivity index (χ0n) is 16.0. The van der Waals surface area contributed by atoms with E-state index in [0.717, 1.165) is 16.8 Å². The molecule has 1 N–H and O–H groups in total. The highest BCUT2D eigenvalue weighted by molar-refractivity contribution is 6.02. The van der Waals surface area contributed by atoms with Gasteiger partial charge in [0.05, 0.1) is 11.0 Å². The molecular weight excluding hydrogens is 354 g/mol. The molecule has 2 aromatic carbocycles. The lowest BCUT2D eigenvalue weighted by Gasteiger charge is -2.07. The van der Waals surface area contributed by atoms with Gasteiger partial charge in [-0.25, -0.2) is 4.98 Å². The summed E-state index contributed by atoms with van der Waals surface area (Å²) in [4.78, 5) is 17.0. The topological polar surface area (TPSA) is 69.3 Å². The summed E-state index contributed by atoms with van der Waals surface area (Å²) in [5.41, 5.74) is 4.15. The molecule has 4 aromatic rings. The maximum absolute atomic E-state index is 12.5. The molecule has 4 rings (SSSR count). The normalized spacial score (nSPS) is 11.0. The lowest BCUT2D eigenvalue weighted by molar-refractivity contribution is 0.0991. The fourth-order valence-electron chi connectivity index (χ4n) is 2.96. The predicted octanol–water partition coefficient (Wildman–Crippen LogP) is 4.61. The van der Waals surface area contributed by atoms with Crippen molar-refractivity contribution in [1.82, 2.24) is 9.55 Å². The Balaban J connectivity index is 1.43. The number of amides is 1. The van der Waals surface area contributed by atoms with Gasteiger partial charge in [0, 0.05) is 7.05 Å². The van der Waals surface area contributed by atoms with Crippen LogP contribution >= 0.6 is 0 Å². The Bertz CT molecular complexity index is 1160. The van der Waals surface area contributed by atoms with Crippen molar-refractivity contribution >= 4 is 22.9 Å². The maximum atomic E-state index is 12.5. The van der Waals surface area contributed by atoms with Crippen molar-refractivity contribution in [2.45, 2.75) is 20.5 Å². The average Bonchev–Trinajstić information content (AvgIpc) is 3.28. The molecule has 28 heavy (non-hydrogen) atoms. The number of benzene rings is 2. The van der Waals surface area contributed by atoms with Crippen molar-refractivity contribution in [3.05, 3.63) is 77.2 Å². The van der Waals surface area contributed by atoms with Gasteiger partial charge in [0.15, 0.2) is 5.76 Å². The second-order valence-corrected chi connectivity index (χ2v) is 6.74. The monoisotopic (exact) mass is 375 g/mol. The first-order chi connectivity index (χ1) is 13.5. The minimum absolute atomic E-state index is 0.214. The van der Waals surface area contributed by atoms with Crippen molar-refractivity contribution in [3.8, 4) is 5.75 Å². The van der Waals surface area contributed by atoms with Crippen LogP contribution in [0.4, 0.5) is 5.95 Å². The van der Waals surface area contributed by atoms with Gasteiger partial charge in [-0.3, -0.25) is 10.1 Å². The van der Waals surface area contributed by atoms with E-state index in [1.807, 2.05) is 61.0 Å². The first kappa shape index (κ1) is 17.9. The molecule has 2 heterocycles. The third-order valence-corrected chi connectivity index (χ3v) is 4.76. The van der Waals surface area contributed by atoms with Crippen molar-refractivity contribution in [1.29, 1.82) is 0 Å². The van der Waals surface area contributed by atoms with Gasteiger partial charge in [0.1, 0.15) is 18.1 Å². The standard InChI is InChI=1S/C22H21N3O3/c1-14-8-9-16(12-15(14)2)27-13-17-10-11-20(28-17)21(26)24-22-23-18-6-4-5-7-19(18)25(22)3/h4-12H,13H2,1-3H3,(H,23,24,26). The number of aromatic nitrogens is 2. The zero-order chi connectivity index (χ0) is 19.7. The number of para-hydroxylation sites is 2. The second-order valence-electron chi connectivity index (χ2n) is 6.74. The molecule has 0 unspecified atom stereocenters. The Hall–Kier alpha value is -3.54. The summed E-state index contributed by atoms with van der Waals surface area (Å²) in [7, 11) is 1.86. The molecule has 0 fully saturated rings. The van der Waals surface area contributed by atoms with Gasteiger partial charge in [-0.1, -0.05) is 18.2 Å². The Kier molecular flexibility index (Phi) is 4.61. The molecule has 0 atom stereocenters. The number of nitrogens with zero attached hydrogens (tertiary/aromatic N) is 2. The summed E-state index contributed by atoms with van der Waals surface area (Å²) >= 11 is 0. The van der Waals surface area contributed by atoms with Crippen LogP contribution in [-0.4, -0.2) is 15.5 Å². The Morgan fingerprint density at radius 2 is 1.93 bits per heavy atom. The van der Waals surface area contributed by atoms with Crippen LogP contribution in [0.25, 0.3) is 11.0 Å². The number of carbonyl (C=O) groups is 1. The number of hydrogen-bond acceptors (Lipinski definition) is 4. The summed E-state index contributed by atoms with van der Waals surface area (Å²) in [5, 5.41) is 2.80. The molecule has 0 saturated heterocycles. The Labute approximate surface area is 162 Å². The first-order valence-electron chi connectivity index (χ1n) is 9.03. The van der Waals surface area contributed by atoms with Gasteiger partial charge < -0.3 is 13.7 Å². The van der Waals surface area contributed by atoms with Crippen LogP contribution in [0.15, 0.2) is 59.0 Å². The molecule has 142 valence electrons. The third-order valence-electron chi connectivity index (χ3n) is 4.76. The number of carbonyl (C=O) groups excluding carboxylic acids is 1. The van der Waals surface area contributed by atoms with Crippen LogP contribution in [0.5, 0.6) is 5.75 Å². The number of furan rings is 1. The van der Waals surface area contributed by atoms with E-state index in [4.69, 9.17) is 9.15 Å². The van der Waals surface area contributed by atoms with Crippen molar-refractivity contribution in [2.75, 3.05) is 5.32 Å². The van der Waals surface area contributed by atoms with Gasteiger partial charge in [0.25, 0.3) is 5.91 Å². The van der Waals surface area contributed by atoms with E-state index in [2.05, 4.69) is 17.2 Å². The summed E-state index contributed by atoms with van der Waals surface area (Å²) in [6, 6.07) is 17.0. The molecule has 0 aliphatic rings. The van der Waals surface area contributed by atoms with Gasteiger partial charge >= 0.3 is 0 Å². The summed E-state index contributed by atoms with van der Waals surface area (Å²) in [6.07, 6.45) is 0. The van der Waals surface area contributed by atoms with E-state index >= 15 is 0 Å². The maximum Gasteiger partial charge on any atom is 0.293 e. The Morgan fingerprint density at radius 1 is 1.11 bits per heavy atom. The van der Waals surface area contributed by atoms with Gasteiger partial charge in [-0.15, -0.1) is 0 Å². The largest absolute Gasteiger partial charge is 0.486 e. The van der Waals surface area contributed by atoms with Crippen LogP contribution in [0, 0.1) is 13.8 Å². The minimum Gasteiger partial charge on any atom is -0.486 e. The fraction of sp³-hybridized carbons (Fsp3) is 0.182. The average molecular weight is 375 g/mol. The number of aryl methyl sites for hydroxylation is 3. The van der Waals surface area contributed by atoms with Gasteiger partial charge in [-0.2, -0.15) is 0 Å². The number of anilines is 1. The molecule has 0 aliphatic carbocycles. The number of fused-ring (bicyclic) bond motifs is 1. The third kappa shape index (κ3) is 3.49. The lowest BCUT2D eigenvalue weighted by Crippen LogP contribution is -2.14. The highest BCUT2D eigenvalue weighted by atomic mass is 16.5. The number of nitrogens with one attached hydrogen (secondary N) is 1. The predicted molar refractivity (Wildman–Crippen MR) is 108 cm³/mol. The molecule has 0 saturated carbocycles. The summed E-state index contributed by atoms with van der Waals surface area (Å²) < 4.78 is 13.2. The first-order valence-corrected chi connectivity index (χ1v) is 9.03. The lowest BCUT2D eigenvalue weighted by atomic mass is 10.1. The minimum atomic E-state index is -0.351. The second kappa shape index (κ2) is 7.23. The zero-order valence-corrected chi connectivity index (χ0v) is 16.0. The molecule has 6 heteroatoms. The van der Waals surface area contributed by atoms with Crippen molar-refractivity contribution in [3.63, 3.8) is 0 Å². The highest BCUT2D eigenvalue weighted by Crippen LogP contribution is 2.20. The van der Waals surface area contributed by atoms with Crippen LogP contribution in [0.2, 0.25) is 0 Å². The molecule has 2 aromatic heterocycles. The molecule has 0 spiro atoms. The van der Waals surface area contributed by atoms with E-state index in [1.54, 1.807) is 12.1 Å². The summed E-state index contributed by atoms with van der Waals surface area (Å²) in [5.74, 6) is 1.68. The van der Waals surface area contributed by atoms with E-state index in [1.165, 1.54) is 11.1 Å². The van der Waals surface area contributed by atoms with Crippen LogP contribution in [0.3, 0.4) is 0 Å². The van der Waals surface area contributed by atoms with Crippen molar-refractivity contribution in [2.24, 2.45) is 7.05 Å². The van der Waals surface area contributed by atoms with Crippen LogP contribution in [-0.2, 0) is 13.7 Å². The number of hydrogen-bond donors (Lipinski definition) is 1. The number of ether oxygens (including phenoxy) is 1. The van der Waals surface area contributed by atoms with Crippen molar-refractivity contribution < 1.29 is 13.9 Å². The smallest absolute Gasteiger partial charge is 0.293 e. The molecule has 6 nitrogen and oxygen atoms in total. The van der Waals surface area contributed by atoms with Gasteiger partial charge in [0.2, 0.25) is 5.95 Å². The Morgan fingerprint density at radius 3 is 2.71 bits per heavy atom. The van der Waals surface area contributed by atoms with E-state index < -0.39 is 0 Å². The van der Waals surface area contributed by atoms with E-state index in [0.29, 0.717) is 11.7 Å². The molecule has 1 amide bonds. The fourth-order valence-corrected chi connectivity index (χ4v) is 2.96. The SMILES string of the molecule is Cc1ccc(OCc2ccc(C(=O)Nc3nc4ccccc4n3C)o2)cc1C. The molecule has 0 aliphatic heterocycles. The van der Waals surface area contributed by atoms with E-state index in [9.17, 15) is 4.79 Å². The molecule has 0 radical (unpaired) electrons. The van der Waals surface area contributed by atoms with Gasteiger partial charge in [-0.05, 0) is 61.4 Å². The molecular formula is C22H21N3O3. The molecule has 0 bridgehead atoms. The highest BCUT2D eigenvalue weighted by Gasteiger charge is 2.15. The summed E-state index contributed by atoms with van der Waals surface area (Å²) in [6.45, 7) is 4.35. The van der Waals surface area contributed by atoms with Crippen LogP contribution < -0.4 is 10.1 Å². The van der Waals surface area contributed by atoms with Crippen LogP contribution in [0.1, 0.15) is 27.4 Å². The number of imidazole rings is 1. The quantitative estimate of drug-likeness (QED) is 0.553.